The van der Waals surface area contributed by atoms with Crippen molar-refractivity contribution in [3.05, 3.63) is 24.3 Å². The van der Waals surface area contributed by atoms with Crippen LogP contribution in [0.1, 0.15) is 19.8 Å². The van der Waals surface area contributed by atoms with E-state index in [-0.39, 0.29) is 54.8 Å². The van der Waals surface area contributed by atoms with Gasteiger partial charge >= 0.3 is 41.5 Å². The third-order valence-electron chi connectivity index (χ3n) is 2.18. The molecule has 1 aromatic carbocycles. The van der Waals surface area contributed by atoms with Crippen molar-refractivity contribution in [2.24, 2.45) is 0 Å². The van der Waals surface area contributed by atoms with Crippen LogP contribution in [-0.4, -0.2) is 31.5 Å². The van der Waals surface area contributed by atoms with Gasteiger partial charge in [-0.1, -0.05) is 0 Å². The minimum atomic E-state index is -4.53. The van der Waals surface area contributed by atoms with E-state index in [0.29, 0.717) is 0 Å². The molecule has 0 amide bonds. The molecule has 21 heavy (non-hydrogen) atoms. The summed E-state index contributed by atoms with van der Waals surface area (Å²) in [6.45, 7) is 1.89. The van der Waals surface area contributed by atoms with E-state index in [1.54, 1.807) is 6.92 Å². The average Bonchev–Trinajstić information content (AvgIpc) is 2.36. The molecule has 0 spiro atoms. The molecule has 110 valence electrons. The Morgan fingerprint density at radius 3 is 2.10 bits per heavy atom. The topological polar surface area (TPSA) is 110 Å². The van der Waals surface area contributed by atoms with Crippen LogP contribution in [0.4, 0.5) is 0 Å². The number of carbonyl (C=O) groups is 2. The summed E-state index contributed by atoms with van der Waals surface area (Å²) in [5.74, 6) is -1.07. The van der Waals surface area contributed by atoms with Crippen LogP contribution in [0.5, 0.6) is 5.75 Å². The number of benzene rings is 1. The molecule has 0 aliphatic heterocycles. The zero-order chi connectivity index (χ0) is 15.2. The second-order valence-electron chi connectivity index (χ2n) is 3.70. The molecule has 0 saturated heterocycles. The van der Waals surface area contributed by atoms with Gasteiger partial charge < -0.3 is 14.0 Å². The average molecular weight is 324 g/mol. The Bertz CT molecular complexity index is 580. The van der Waals surface area contributed by atoms with Crippen LogP contribution in [0.3, 0.4) is 0 Å². The van der Waals surface area contributed by atoms with E-state index in [4.69, 9.17) is 4.74 Å². The second kappa shape index (κ2) is 9.16. The molecular weight excluding hydrogens is 311 g/mol. The molecule has 0 unspecified atom stereocenters. The van der Waals surface area contributed by atoms with Gasteiger partial charge in [0.15, 0.2) is 0 Å². The minimum Gasteiger partial charge on any atom is -0.744 e. The predicted molar refractivity (Wildman–Crippen MR) is 65.9 cm³/mol. The molecule has 0 atom stereocenters. The molecular formula is C12H13NaO7S. The molecule has 0 saturated carbocycles. The zero-order valence-electron chi connectivity index (χ0n) is 11.7. The van der Waals surface area contributed by atoms with Gasteiger partial charge in [0.1, 0.15) is 15.9 Å². The molecule has 0 aliphatic carbocycles. The predicted octanol–water partition coefficient (Wildman–Crippen LogP) is -2.16. The van der Waals surface area contributed by atoms with Crippen LogP contribution in [-0.2, 0) is 24.4 Å². The van der Waals surface area contributed by atoms with Crippen molar-refractivity contribution < 1.29 is 61.6 Å². The number of carbonyl (C=O) groups excluding carboxylic acids is 2. The summed E-state index contributed by atoms with van der Waals surface area (Å²) < 4.78 is 41.6. The summed E-state index contributed by atoms with van der Waals surface area (Å²) in [4.78, 5) is 22.0. The molecule has 0 fully saturated rings. The molecule has 0 bridgehead atoms. The molecule has 0 aliphatic rings. The van der Waals surface area contributed by atoms with E-state index < -0.39 is 27.0 Å². The van der Waals surface area contributed by atoms with E-state index in [9.17, 15) is 22.6 Å². The largest absolute Gasteiger partial charge is 1.00 e. The Morgan fingerprint density at radius 2 is 1.62 bits per heavy atom. The van der Waals surface area contributed by atoms with Crippen molar-refractivity contribution in [1.82, 2.24) is 0 Å². The summed E-state index contributed by atoms with van der Waals surface area (Å²) >= 11 is 0. The van der Waals surface area contributed by atoms with E-state index >= 15 is 0 Å². The van der Waals surface area contributed by atoms with Gasteiger partial charge in [0.2, 0.25) is 0 Å². The molecule has 0 N–H and O–H groups in total. The van der Waals surface area contributed by atoms with Crippen molar-refractivity contribution in [1.29, 1.82) is 0 Å². The maximum Gasteiger partial charge on any atom is 1.00 e. The first-order chi connectivity index (χ1) is 9.32. The molecule has 7 nitrogen and oxygen atoms in total. The number of rotatable bonds is 6. The van der Waals surface area contributed by atoms with Gasteiger partial charge in [-0.15, -0.1) is 0 Å². The first-order valence-corrected chi connectivity index (χ1v) is 7.16. The summed E-state index contributed by atoms with van der Waals surface area (Å²) in [5.41, 5.74) is 0. The summed E-state index contributed by atoms with van der Waals surface area (Å²) in [6, 6.07) is 4.45. The summed E-state index contributed by atoms with van der Waals surface area (Å²) in [6.07, 6.45) is -0.250. The van der Waals surface area contributed by atoms with Gasteiger partial charge in [-0.3, -0.25) is 9.59 Å². The van der Waals surface area contributed by atoms with Crippen molar-refractivity contribution in [2.45, 2.75) is 24.7 Å². The number of hydrogen-bond donors (Lipinski definition) is 0. The Morgan fingerprint density at radius 1 is 1.10 bits per heavy atom. The molecule has 0 heterocycles. The maximum atomic E-state index is 11.4. The maximum absolute atomic E-state index is 11.4. The molecule has 9 heteroatoms. The second-order valence-corrected chi connectivity index (χ2v) is 5.08. The monoisotopic (exact) mass is 324 g/mol. The van der Waals surface area contributed by atoms with Crippen LogP contribution < -0.4 is 34.3 Å². The molecule has 0 aromatic heterocycles. The summed E-state index contributed by atoms with van der Waals surface area (Å²) in [7, 11) is -4.53. The fraction of sp³-hybridized carbons (Fsp3) is 0.333. The zero-order valence-corrected chi connectivity index (χ0v) is 14.5. The first kappa shape index (κ1) is 20.1. The van der Waals surface area contributed by atoms with Gasteiger partial charge in [0, 0.05) is 0 Å². The molecule has 1 rings (SSSR count). The Balaban J connectivity index is 0.00000400. The standard InChI is InChI=1S/C12H14O7S.Na/c1-2-18-11(13)7-8-12(14)19-9-3-5-10(6-4-9)20(15,16)17;/h3-6H,2,7-8H2,1H3,(H,15,16,17);/q;+1/p-1. The first-order valence-electron chi connectivity index (χ1n) is 5.75. The van der Waals surface area contributed by atoms with Crippen molar-refractivity contribution >= 4 is 22.1 Å². The smallest absolute Gasteiger partial charge is 0.744 e. The van der Waals surface area contributed by atoms with Crippen molar-refractivity contribution in [3.8, 4) is 5.75 Å². The Labute approximate surface area is 144 Å². The van der Waals surface area contributed by atoms with E-state index in [1.807, 2.05) is 0 Å². The van der Waals surface area contributed by atoms with E-state index in [2.05, 4.69) is 4.74 Å². The van der Waals surface area contributed by atoms with Crippen LogP contribution in [0.15, 0.2) is 29.2 Å². The van der Waals surface area contributed by atoms with E-state index in [0.717, 1.165) is 12.1 Å². The third kappa shape index (κ3) is 7.58. The third-order valence-corrected chi connectivity index (χ3v) is 3.03. The van der Waals surface area contributed by atoms with Crippen molar-refractivity contribution in [3.63, 3.8) is 0 Å². The normalized spacial score (nSPS) is 10.4. The Kier molecular flexibility index (Phi) is 8.76. The fourth-order valence-corrected chi connectivity index (χ4v) is 1.76. The number of hydrogen-bond acceptors (Lipinski definition) is 7. The van der Waals surface area contributed by atoms with Gasteiger partial charge in [0.25, 0.3) is 0 Å². The van der Waals surface area contributed by atoms with Crippen LogP contribution in [0.25, 0.3) is 0 Å². The van der Waals surface area contributed by atoms with Gasteiger partial charge in [-0.2, -0.15) is 0 Å². The van der Waals surface area contributed by atoms with Gasteiger partial charge in [-0.05, 0) is 31.2 Å². The number of ether oxygens (including phenoxy) is 2. The Hall–Kier alpha value is -0.930. The van der Waals surface area contributed by atoms with E-state index in [1.165, 1.54) is 12.1 Å². The SMILES string of the molecule is CCOC(=O)CCC(=O)Oc1ccc(S(=O)(=O)[O-])cc1.[Na+]. The fourth-order valence-electron chi connectivity index (χ4n) is 1.29. The van der Waals surface area contributed by atoms with Gasteiger partial charge in [0.05, 0.1) is 24.3 Å². The molecule has 0 radical (unpaired) electrons. The van der Waals surface area contributed by atoms with Crippen molar-refractivity contribution in [2.75, 3.05) is 6.61 Å². The van der Waals surface area contributed by atoms with Crippen LogP contribution in [0.2, 0.25) is 0 Å². The van der Waals surface area contributed by atoms with Gasteiger partial charge in [-0.25, -0.2) is 8.42 Å². The summed E-state index contributed by atoms with van der Waals surface area (Å²) in [5, 5.41) is 0. The minimum absolute atomic E-state index is 0. The van der Waals surface area contributed by atoms with Crippen LogP contribution >= 0.6 is 0 Å². The molecule has 1 aromatic rings. The number of esters is 2. The van der Waals surface area contributed by atoms with Crippen LogP contribution in [0, 0.1) is 0 Å². The quantitative estimate of drug-likeness (QED) is 0.254.